The molecule has 0 aliphatic heterocycles. The molecule has 0 saturated carbocycles. The van der Waals surface area contributed by atoms with Gasteiger partial charge in [0.2, 0.25) is 0 Å². The van der Waals surface area contributed by atoms with E-state index in [0.29, 0.717) is 6.42 Å². The lowest BCUT2D eigenvalue weighted by atomic mass is 10.1. The summed E-state index contributed by atoms with van der Waals surface area (Å²) < 4.78 is 1.36. The van der Waals surface area contributed by atoms with Crippen molar-refractivity contribution in [3.63, 3.8) is 0 Å². The average molecular weight is 401 g/mol. The van der Waals surface area contributed by atoms with Gasteiger partial charge in [-0.3, -0.25) is 14.6 Å². The summed E-state index contributed by atoms with van der Waals surface area (Å²) in [7, 11) is 0. The van der Waals surface area contributed by atoms with Crippen LogP contribution in [0.25, 0.3) is 0 Å². The first-order chi connectivity index (χ1) is 13.8. The zero-order valence-electron chi connectivity index (χ0n) is 16.4. The summed E-state index contributed by atoms with van der Waals surface area (Å²) in [6, 6.07) is 1.75. The molecule has 0 aromatic carbocycles. The first-order valence-corrected chi connectivity index (χ1v) is 9.03. The van der Waals surface area contributed by atoms with E-state index in [1.54, 1.807) is 18.3 Å². The second kappa shape index (κ2) is 12.0. The van der Waals surface area contributed by atoms with E-state index in [1.165, 1.54) is 10.6 Å². The number of nitrogens with one attached hydrogen (secondary N) is 1. The van der Waals surface area contributed by atoms with Crippen LogP contribution in [0.5, 0.6) is 0 Å². The first kappa shape index (κ1) is 23.4. The molecule has 0 aliphatic carbocycles. The Labute approximate surface area is 169 Å². The second-order valence-corrected chi connectivity index (χ2v) is 6.14. The van der Waals surface area contributed by atoms with Crippen LogP contribution in [0.1, 0.15) is 30.1 Å². The van der Waals surface area contributed by atoms with Crippen molar-refractivity contribution in [3.05, 3.63) is 70.7 Å². The Balaban J connectivity index is 2.95. The molecular formula is C20H27N5O4. The van der Waals surface area contributed by atoms with Crippen LogP contribution in [0.2, 0.25) is 0 Å². The summed E-state index contributed by atoms with van der Waals surface area (Å²) in [5.41, 5.74) is 10.6. The highest BCUT2D eigenvalue weighted by Crippen LogP contribution is 2.04. The maximum atomic E-state index is 12.7. The fourth-order valence-corrected chi connectivity index (χ4v) is 2.43. The third-order valence-corrected chi connectivity index (χ3v) is 3.93. The average Bonchev–Trinajstić information content (AvgIpc) is 2.68. The van der Waals surface area contributed by atoms with Crippen LogP contribution >= 0.6 is 0 Å². The summed E-state index contributed by atoms with van der Waals surface area (Å²) in [6.07, 6.45) is 9.11. The predicted octanol–water partition coefficient (Wildman–Crippen LogP) is 0.773. The van der Waals surface area contributed by atoms with Gasteiger partial charge in [-0.2, -0.15) is 0 Å². The number of hydrogen-bond acceptors (Lipinski definition) is 4. The van der Waals surface area contributed by atoms with Gasteiger partial charge < -0.3 is 26.5 Å². The van der Waals surface area contributed by atoms with Gasteiger partial charge in [0.25, 0.3) is 11.5 Å². The monoisotopic (exact) mass is 401 g/mol. The number of nitrogens with zero attached hydrogens (tertiary/aromatic N) is 2. The third kappa shape index (κ3) is 7.87. The van der Waals surface area contributed by atoms with E-state index in [-0.39, 0.29) is 31.0 Å². The number of nitrogens with two attached hydrogens (primary N) is 2. The smallest absolute Gasteiger partial charge is 0.326 e. The zero-order valence-corrected chi connectivity index (χ0v) is 16.4. The third-order valence-electron chi connectivity index (χ3n) is 3.93. The summed E-state index contributed by atoms with van der Waals surface area (Å²) in [4.78, 5) is 40.3. The molecule has 156 valence electrons. The summed E-state index contributed by atoms with van der Waals surface area (Å²) >= 11 is 0. The predicted molar refractivity (Wildman–Crippen MR) is 113 cm³/mol. The van der Waals surface area contributed by atoms with Crippen LogP contribution in [0, 0.1) is 0 Å². The molecular weight excluding hydrogens is 374 g/mol. The number of carboxylic acids is 1. The van der Waals surface area contributed by atoms with Gasteiger partial charge in [-0.05, 0) is 37.5 Å². The Morgan fingerprint density at radius 1 is 1.41 bits per heavy atom. The van der Waals surface area contributed by atoms with Gasteiger partial charge in [-0.15, -0.1) is 0 Å². The van der Waals surface area contributed by atoms with Crippen molar-refractivity contribution < 1.29 is 14.7 Å². The summed E-state index contributed by atoms with van der Waals surface area (Å²) in [5, 5.41) is 11.7. The Bertz CT molecular complexity index is 879. The minimum Gasteiger partial charge on any atom is -0.480 e. The van der Waals surface area contributed by atoms with Crippen molar-refractivity contribution in [1.29, 1.82) is 0 Å². The lowest BCUT2D eigenvalue weighted by molar-refractivity contribution is -0.139. The molecule has 0 bridgehead atoms. The Hall–Kier alpha value is -3.62. The maximum Gasteiger partial charge on any atom is 0.326 e. The molecule has 0 fully saturated rings. The van der Waals surface area contributed by atoms with Crippen molar-refractivity contribution >= 4 is 17.8 Å². The number of guanidine groups is 1. The molecule has 0 aliphatic rings. The highest BCUT2D eigenvalue weighted by molar-refractivity contribution is 5.96. The molecule has 0 saturated heterocycles. The van der Waals surface area contributed by atoms with Crippen molar-refractivity contribution in [2.24, 2.45) is 16.5 Å². The quantitative estimate of drug-likeness (QED) is 0.186. The van der Waals surface area contributed by atoms with Crippen LogP contribution in [0.3, 0.4) is 0 Å². The van der Waals surface area contributed by atoms with Crippen molar-refractivity contribution in [3.8, 4) is 0 Å². The largest absolute Gasteiger partial charge is 0.480 e. The topological polar surface area (TPSA) is 153 Å². The number of rotatable bonds is 11. The van der Waals surface area contributed by atoms with Crippen LogP contribution in [0.4, 0.5) is 0 Å². The van der Waals surface area contributed by atoms with Crippen LogP contribution in [0.15, 0.2) is 64.6 Å². The molecule has 1 aromatic rings. The van der Waals surface area contributed by atoms with E-state index in [0.717, 1.165) is 5.57 Å². The molecule has 1 aromatic heterocycles. The highest BCUT2D eigenvalue weighted by Gasteiger charge is 2.22. The number of hydrogen-bond donors (Lipinski definition) is 4. The molecule has 6 N–H and O–H groups in total. The lowest BCUT2D eigenvalue weighted by Gasteiger charge is -2.14. The van der Waals surface area contributed by atoms with Crippen LogP contribution < -0.4 is 22.3 Å². The molecule has 1 atom stereocenters. The zero-order chi connectivity index (χ0) is 21.8. The summed E-state index contributed by atoms with van der Waals surface area (Å²) in [5.74, 6) is -2.05. The van der Waals surface area contributed by atoms with Gasteiger partial charge in [-0.25, -0.2) is 4.79 Å². The number of carboxylic acid groups (broad SMARTS) is 1. The fourth-order valence-electron chi connectivity index (χ4n) is 2.43. The number of aliphatic imine (C=N–C) groups is 1. The van der Waals surface area contributed by atoms with E-state index in [2.05, 4.69) is 16.9 Å². The van der Waals surface area contributed by atoms with E-state index in [9.17, 15) is 19.5 Å². The van der Waals surface area contributed by atoms with Crippen LogP contribution in [-0.4, -0.2) is 40.1 Å². The SMILES string of the molecule is C=C/C(=C\C=C/C)Cn1cccc(C(=O)NC(CCCN=C(N)N)C(=O)O)c1=O. The number of aliphatic carboxylic acids is 1. The Morgan fingerprint density at radius 3 is 2.72 bits per heavy atom. The van der Waals surface area contributed by atoms with Gasteiger partial charge in [0.05, 0.1) is 6.54 Å². The lowest BCUT2D eigenvalue weighted by Crippen LogP contribution is -2.43. The number of pyridine rings is 1. The number of allylic oxidation sites excluding steroid dienone is 5. The summed E-state index contributed by atoms with van der Waals surface area (Å²) in [6.45, 7) is 6.05. The number of aromatic nitrogens is 1. The van der Waals surface area contributed by atoms with Crippen molar-refractivity contribution in [1.82, 2.24) is 9.88 Å². The maximum absolute atomic E-state index is 12.7. The molecule has 1 amide bonds. The van der Waals surface area contributed by atoms with E-state index in [1.807, 2.05) is 25.2 Å². The first-order valence-electron chi connectivity index (χ1n) is 9.03. The number of carbonyl (C=O) groups excluding carboxylic acids is 1. The van der Waals surface area contributed by atoms with Gasteiger partial charge in [0.15, 0.2) is 5.96 Å². The standard InChI is InChI=1S/C20H27N5O4/c1-3-5-8-14(4-2)13-25-12-7-9-15(18(25)27)17(26)24-16(19(28)29)10-6-11-23-20(21)22/h3-5,7-9,12,16H,2,6,10-11,13H2,1H3,(H,24,26)(H,28,29)(H4,21,22,23)/b5-3-,14-8+. The van der Waals surface area contributed by atoms with Gasteiger partial charge in [0, 0.05) is 12.7 Å². The van der Waals surface area contributed by atoms with Gasteiger partial charge in [0.1, 0.15) is 11.6 Å². The normalized spacial score (nSPS) is 12.4. The van der Waals surface area contributed by atoms with Gasteiger partial charge >= 0.3 is 5.97 Å². The van der Waals surface area contributed by atoms with E-state index >= 15 is 0 Å². The van der Waals surface area contributed by atoms with Crippen molar-refractivity contribution in [2.45, 2.75) is 32.4 Å². The number of carbonyl (C=O) groups is 2. The molecule has 1 heterocycles. The second-order valence-electron chi connectivity index (χ2n) is 6.14. The van der Waals surface area contributed by atoms with E-state index in [4.69, 9.17) is 11.5 Å². The molecule has 1 unspecified atom stereocenters. The van der Waals surface area contributed by atoms with Crippen molar-refractivity contribution in [2.75, 3.05) is 6.54 Å². The molecule has 0 spiro atoms. The minimum absolute atomic E-state index is 0.0897. The Kier molecular flexibility index (Phi) is 9.66. The minimum atomic E-state index is -1.21. The van der Waals surface area contributed by atoms with E-state index < -0.39 is 23.5 Å². The van der Waals surface area contributed by atoms with Gasteiger partial charge in [-0.1, -0.05) is 30.9 Å². The molecule has 29 heavy (non-hydrogen) atoms. The highest BCUT2D eigenvalue weighted by atomic mass is 16.4. The van der Waals surface area contributed by atoms with Crippen LogP contribution in [-0.2, 0) is 11.3 Å². The number of amides is 1. The fraction of sp³-hybridized carbons (Fsp3) is 0.300. The molecule has 1 rings (SSSR count). The molecule has 0 radical (unpaired) electrons. The Morgan fingerprint density at radius 2 is 2.14 bits per heavy atom. The molecule has 9 nitrogen and oxygen atoms in total. The molecule has 9 heteroatoms.